The smallest absolute Gasteiger partial charge is 0.454 e. The number of carbonyl (C=O) groups is 1. The van der Waals surface area contributed by atoms with Gasteiger partial charge in [-0.2, -0.15) is 0 Å². The van der Waals surface area contributed by atoms with Gasteiger partial charge in [-0.3, -0.25) is 0 Å². The van der Waals surface area contributed by atoms with Crippen molar-refractivity contribution in [2.24, 2.45) is 0 Å². The fourth-order valence-corrected chi connectivity index (χ4v) is 2.44. The molecule has 25 heavy (non-hydrogen) atoms. The first-order chi connectivity index (χ1) is 12.0. The molecule has 1 atom stereocenters. The van der Waals surface area contributed by atoms with Crippen LogP contribution in [0.25, 0.3) is 10.9 Å². The Morgan fingerprint density at radius 2 is 2.08 bits per heavy atom. The number of ether oxygens (including phenoxy) is 4. The highest BCUT2D eigenvalue weighted by Crippen LogP contribution is 2.30. The van der Waals surface area contributed by atoms with Crippen LogP contribution in [-0.4, -0.2) is 63.3 Å². The SMILES string of the molecule is COCCOC(=O)OC(C)Oc1cccc2[nH]cc(CCN(C)C)c12. The highest BCUT2D eigenvalue weighted by Gasteiger charge is 2.16. The minimum absolute atomic E-state index is 0.143. The van der Waals surface area contributed by atoms with Crippen molar-refractivity contribution in [3.63, 3.8) is 0 Å². The van der Waals surface area contributed by atoms with Crippen LogP contribution in [0.4, 0.5) is 4.79 Å². The Morgan fingerprint density at radius 3 is 2.80 bits per heavy atom. The van der Waals surface area contributed by atoms with Gasteiger partial charge in [-0.1, -0.05) is 6.07 Å². The van der Waals surface area contributed by atoms with E-state index in [-0.39, 0.29) is 6.61 Å². The molecule has 1 aromatic heterocycles. The number of likely N-dealkylation sites (N-methyl/N-ethyl adjacent to an activating group) is 1. The van der Waals surface area contributed by atoms with Gasteiger partial charge in [0.2, 0.25) is 6.29 Å². The number of hydrogen-bond acceptors (Lipinski definition) is 6. The molecule has 0 saturated heterocycles. The zero-order chi connectivity index (χ0) is 18.2. The topological polar surface area (TPSA) is 73.0 Å². The van der Waals surface area contributed by atoms with Gasteiger partial charge in [-0.25, -0.2) is 4.79 Å². The number of benzene rings is 1. The average molecular weight is 350 g/mol. The van der Waals surface area contributed by atoms with Crippen molar-refractivity contribution in [1.29, 1.82) is 0 Å². The van der Waals surface area contributed by atoms with E-state index in [1.54, 1.807) is 6.92 Å². The van der Waals surface area contributed by atoms with Crippen molar-refractivity contribution in [2.45, 2.75) is 19.6 Å². The molecule has 2 rings (SSSR count). The minimum Gasteiger partial charge on any atom is -0.454 e. The van der Waals surface area contributed by atoms with Crippen molar-refractivity contribution in [3.05, 3.63) is 30.0 Å². The van der Waals surface area contributed by atoms with E-state index in [9.17, 15) is 4.79 Å². The molecule has 138 valence electrons. The minimum atomic E-state index is -0.779. The molecule has 7 nitrogen and oxygen atoms in total. The summed E-state index contributed by atoms with van der Waals surface area (Å²) >= 11 is 0. The maximum atomic E-state index is 11.6. The van der Waals surface area contributed by atoms with Crippen molar-refractivity contribution in [2.75, 3.05) is 41.0 Å². The summed E-state index contributed by atoms with van der Waals surface area (Å²) in [4.78, 5) is 17.0. The van der Waals surface area contributed by atoms with Crippen molar-refractivity contribution in [3.8, 4) is 5.75 Å². The number of aromatic amines is 1. The zero-order valence-electron chi connectivity index (χ0n) is 15.2. The number of fused-ring (bicyclic) bond motifs is 1. The molecule has 1 aromatic carbocycles. The number of carbonyl (C=O) groups excluding carboxylic acids is 1. The number of methoxy groups -OCH3 is 1. The second kappa shape index (κ2) is 9.29. The van der Waals surface area contributed by atoms with E-state index in [1.807, 2.05) is 38.5 Å². The molecule has 0 radical (unpaired) electrons. The van der Waals surface area contributed by atoms with Gasteiger partial charge >= 0.3 is 6.16 Å². The second-order valence-corrected chi connectivity index (χ2v) is 5.94. The van der Waals surface area contributed by atoms with E-state index in [0.717, 1.165) is 29.4 Å². The van der Waals surface area contributed by atoms with Crippen LogP contribution in [0.5, 0.6) is 5.75 Å². The molecule has 7 heteroatoms. The van der Waals surface area contributed by atoms with Crippen LogP contribution in [-0.2, 0) is 20.6 Å². The zero-order valence-corrected chi connectivity index (χ0v) is 15.2. The monoisotopic (exact) mass is 350 g/mol. The second-order valence-electron chi connectivity index (χ2n) is 5.94. The summed E-state index contributed by atoms with van der Waals surface area (Å²) in [5.74, 6) is 0.671. The van der Waals surface area contributed by atoms with Gasteiger partial charge in [-0.05, 0) is 38.2 Å². The molecule has 1 unspecified atom stereocenters. The van der Waals surface area contributed by atoms with Crippen LogP contribution >= 0.6 is 0 Å². The first kappa shape index (κ1) is 19.1. The molecule has 0 aliphatic carbocycles. The van der Waals surface area contributed by atoms with Gasteiger partial charge in [0.1, 0.15) is 12.4 Å². The molecule has 1 heterocycles. The number of aromatic nitrogens is 1. The highest BCUT2D eigenvalue weighted by molar-refractivity contribution is 5.89. The molecular formula is C18H26N2O5. The van der Waals surface area contributed by atoms with E-state index >= 15 is 0 Å². The Morgan fingerprint density at radius 1 is 1.28 bits per heavy atom. The molecule has 0 spiro atoms. The van der Waals surface area contributed by atoms with Gasteiger partial charge in [0.05, 0.1) is 6.61 Å². The number of rotatable bonds is 9. The van der Waals surface area contributed by atoms with Crippen molar-refractivity contribution < 1.29 is 23.7 Å². The van der Waals surface area contributed by atoms with E-state index in [0.29, 0.717) is 12.4 Å². The standard InChI is InChI=1S/C18H26N2O5/c1-13(25-18(21)23-11-10-22-4)24-16-7-5-6-15-17(16)14(12-19-15)8-9-20(2)3/h5-7,12-13,19H,8-11H2,1-4H3. The Hall–Kier alpha value is -2.25. The van der Waals surface area contributed by atoms with E-state index in [1.165, 1.54) is 7.11 Å². The Bertz CT molecular complexity index is 683. The lowest BCUT2D eigenvalue weighted by Crippen LogP contribution is -2.22. The Kier molecular flexibility index (Phi) is 7.09. The van der Waals surface area contributed by atoms with Crippen molar-refractivity contribution in [1.82, 2.24) is 9.88 Å². The van der Waals surface area contributed by atoms with Crippen LogP contribution in [0.3, 0.4) is 0 Å². The van der Waals surface area contributed by atoms with Gasteiger partial charge < -0.3 is 28.8 Å². The molecule has 0 fully saturated rings. The number of hydrogen-bond donors (Lipinski definition) is 1. The lowest BCUT2D eigenvalue weighted by Gasteiger charge is -2.16. The first-order valence-electron chi connectivity index (χ1n) is 8.24. The third-order valence-corrected chi connectivity index (χ3v) is 3.64. The summed E-state index contributed by atoms with van der Waals surface area (Å²) < 4.78 is 20.6. The maximum absolute atomic E-state index is 11.6. The molecule has 0 bridgehead atoms. The van der Waals surface area contributed by atoms with Gasteiger partial charge in [0, 0.05) is 37.7 Å². The molecular weight excluding hydrogens is 324 g/mol. The van der Waals surface area contributed by atoms with E-state index in [2.05, 4.69) is 9.88 Å². The highest BCUT2D eigenvalue weighted by atomic mass is 16.8. The number of nitrogens with one attached hydrogen (secondary N) is 1. The van der Waals surface area contributed by atoms with Crippen LogP contribution < -0.4 is 4.74 Å². The lowest BCUT2D eigenvalue weighted by molar-refractivity contribution is -0.0562. The van der Waals surface area contributed by atoms with Crippen LogP contribution in [0.2, 0.25) is 0 Å². The van der Waals surface area contributed by atoms with Gasteiger partial charge in [0.15, 0.2) is 0 Å². The summed E-state index contributed by atoms with van der Waals surface area (Å²) in [6, 6.07) is 5.75. The van der Waals surface area contributed by atoms with Crippen molar-refractivity contribution >= 4 is 17.1 Å². The Labute approximate surface area is 147 Å². The van der Waals surface area contributed by atoms with E-state index < -0.39 is 12.4 Å². The fraction of sp³-hybridized carbons (Fsp3) is 0.500. The van der Waals surface area contributed by atoms with Crippen LogP contribution in [0, 0.1) is 0 Å². The largest absolute Gasteiger partial charge is 0.511 e. The predicted octanol–water partition coefficient (Wildman–Crippen LogP) is 2.80. The quantitative estimate of drug-likeness (QED) is 0.426. The normalized spacial score (nSPS) is 12.4. The van der Waals surface area contributed by atoms with E-state index in [4.69, 9.17) is 18.9 Å². The lowest BCUT2D eigenvalue weighted by atomic mass is 10.1. The summed E-state index contributed by atoms with van der Waals surface area (Å²) in [7, 11) is 5.61. The maximum Gasteiger partial charge on any atom is 0.511 e. The number of H-pyrrole nitrogens is 1. The summed E-state index contributed by atoms with van der Waals surface area (Å²) in [5.41, 5.74) is 2.15. The molecule has 2 aromatic rings. The van der Waals surface area contributed by atoms with Crippen LogP contribution in [0.1, 0.15) is 12.5 Å². The summed E-state index contributed by atoms with van der Waals surface area (Å²) in [6.07, 6.45) is 1.34. The van der Waals surface area contributed by atoms with Crippen LogP contribution in [0.15, 0.2) is 24.4 Å². The fourth-order valence-electron chi connectivity index (χ4n) is 2.44. The average Bonchev–Trinajstić information content (AvgIpc) is 2.97. The summed E-state index contributed by atoms with van der Waals surface area (Å²) in [6.45, 7) is 3.05. The van der Waals surface area contributed by atoms with Gasteiger partial charge in [0.25, 0.3) is 0 Å². The predicted molar refractivity (Wildman–Crippen MR) is 95.0 cm³/mol. The molecule has 0 aliphatic rings. The summed E-state index contributed by atoms with van der Waals surface area (Å²) in [5, 5.41) is 1.01. The molecule has 0 amide bonds. The molecule has 1 N–H and O–H groups in total. The molecule has 0 aliphatic heterocycles. The Balaban J connectivity index is 2.04. The molecule has 0 saturated carbocycles. The third-order valence-electron chi connectivity index (χ3n) is 3.64. The first-order valence-corrected chi connectivity index (χ1v) is 8.24. The third kappa shape index (κ3) is 5.65. The number of nitrogens with zero attached hydrogens (tertiary/aromatic N) is 1. The van der Waals surface area contributed by atoms with Gasteiger partial charge in [-0.15, -0.1) is 0 Å².